The molecule has 2 rings (SSSR count). The van der Waals surface area contributed by atoms with Crippen LogP contribution in [0.3, 0.4) is 0 Å². The highest BCUT2D eigenvalue weighted by Gasteiger charge is 2.41. The number of halogens is 1. The first kappa shape index (κ1) is 19.6. The molecule has 1 fully saturated rings. The van der Waals surface area contributed by atoms with E-state index in [-0.39, 0.29) is 11.1 Å². The van der Waals surface area contributed by atoms with Crippen LogP contribution in [-0.2, 0) is 4.43 Å². The van der Waals surface area contributed by atoms with Gasteiger partial charge in [-0.15, -0.1) is 0 Å². The van der Waals surface area contributed by atoms with Gasteiger partial charge >= 0.3 is 0 Å². The summed E-state index contributed by atoms with van der Waals surface area (Å²) < 4.78 is 12.1. The summed E-state index contributed by atoms with van der Waals surface area (Å²) in [7, 11) is -0.105. The second-order valence-corrected chi connectivity index (χ2v) is 13.5. The number of rotatable bonds is 5. The van der Waals surface area contributed by atoms with Gasteiger partial charge in [0.25, 0.3) is 0 Å². The molecule has 5 heteroatoms. The highest BCUT2D eigenvalue weighted by Crippen LogP contribution is 2.39. The Morgan fingerprint density at radius 2 is 1.79 bits per heavy atom. The third-order valence-electron chi connectivity index (χ3n) is 5.41. The van der Waals surface area contributed by atoms with Crippen molar-refractivity contribution < 1.29 is 9.16 Å². The van der Waals surface area contributed by atoms with Gasteiger partial charge in [-0.05, 0) is 43.1 Å². The SMILES string of the molecule is COc1cc(Cl)cc(N[C@H]2CCCC[C@@H]2O[Si](C)(C)C(C)(C)C)c1. The molecule has 0 saturated heterocycles. The van der Waals surface area contributed by atoms with Gasteiger partial charge in [0.05, 0.1) is 19.3 Å². The zero-order chi connectivity index (χ0) is 18.0. The number of anilines is 1. The van der Waals surface area contributed by atoms with Crippen molar-refractivity contribution in [3.63, 3.8) is 0 Å². The predicted octanol–water partition coefficient (Wildman–Crippen LogP) is 6.09. The first-order valence-electron chi connectivity index (χ1n) is 8.91. The van der Waals surface area contributed by atoms with Gasteiger partial charge in [0.2, 0.25) is 0 Å². The summed E-state index contributed by atoms with van der Waals surface area (Å²) in [6.07, 6.45) is 5.02. The lowest BCUT2D eigenvalue weighted by atomic mass is 9.92. The van der Waals surface area contributed by atoms with Crippen molar-refractivity contribution in [3.05, 3.63) is 23.2 Å². The maximum atomic E-state index is 6.73. The Hall–Kier alpha value is -0.713. The maximum absolute atomic E-state index is 6.73. The van der Waals surface area contributed by atoms with E-state index in [4.69, 9.17) is 20.8 Å². The van der Waals surface area contributed by atoms with Crippen molar-refractivity contribution in [1.29, 1.82) is 0 Å². The van der Waals surface area contributed by atoms with E-state index in [1.165, 1.54) is 12.8 Å². The maximum Gasteiger partial charge on any atom is 0.192 e. The van der Waals surface area contributed by atoms with E-state index in [0.29, 0.717) is 11.1 Å². The van der Waals surface area contributed by atoms with E-state index in [9.17, 15) is 0 Å². The first-order chi connectivity index (χ1) is 11.1. The molecule has 1 saturated carbocycles. The number of hydrogen-bond donors (Lipinski definition) is 1. The summed E-state index contributed by atoms with van der Waals surface area (Å²) in [5, 5.41) is 4.57. The number of benzene rings is 1. The number of methoxy groups -OCH3 is 1. The summed E-state index contributed by atoms with van der Waals surface area (Å²) in [5.41, 5.74) is 1.01. The van der Waals surface area contributed by atoms with Crippen molar-refractivity contribution in [2.24, 2.45) is 0 Å². The fraction of sp³-hybridized carbons (Fsp3) is 0.684. The molecule has 0 spiro atoms. The summed E-state index contributed by atoms with van der Waals surface area (Å²) >= 11 is 6.20. The van der Waals surface area contributed by atoms with Crippen molar-refractivity contribution in [2.45, 2.75) is 76.7 Å². The Morgan fingerprint density at radius 1 is 1.12 bits per heavy atom. The van der Waals surface area contributed by atoms with E-state index in [1.807, 2.05) is 18.2 Å². The van der Waals surface area contributed by atoms with Crippen LogP contribution >= 0.6 is 11.6 Å². The predicted molar refractivity (Wildman–Crippen MR) is 106 cm³/mol. The summed E-state index contributed by atoms with van der Waals surface area (Å²) in [4.78, 5) is 0. The normalized spacial score (nSPS) is 22.3. The molecule has 3 nitrogen and oxygen atoms in total. The van der Waals surface area contributed by atoms with Crippen molar-refractivity contribution in [2.75, 3.05) is 12.4 Å². The molecule has 2 atom stereocenters. The zero-order valence-corrected chi connectivity index (χ0v) is 17.7. The molecule has 1 aromatic carbocycles. The lowest BCUT2D eigenvalue weighted by Gasteiger charge is -2.43. The van der Waals surface area contributed by atoms with Crippen LogP contribution in [0.25, 0.3) is 0 Å². The van der Waals surface area contributed by atoms with E-state index in [1.54, 1.807) is 7.11 Å². The van der Waals surface area contributed by atoms with Gasteiger partial charge in [-0.1, -0.05) is 45.2 Å². The first-order valence-corrected chi connectivity index (χ1v) is 12.2. The van der Waals surface area contributed by atoms with Crippen LogP contribution in [0.1, 0.15) is 46.5 Å². The van der Waals surface area contributed by atoms with Gasteiger partial charge in [0.1, 0.15) is 5.75 Å². The number of ether oxygens (including phenoxy) is 1. The minimum atomic E-state index is -1.77. The molecule has 0 bridgehead atoms. The monoisotopic (exact) mass is 369 g/mol. The van der Waals surface area contributed by atoms with Gasteiger partial charge < -0.3 is 14.5 Å². The van der Waals surface area contributed by atoms with E-state index < -0.39 is 8.32 Å². The number of nitrogens with one attached hydrogen (secondary N) is 1. The average Bonchev–Trinajstić information content (AvgIpc) is 2.47. The molecule has 0 radical (unpaired) electrons. The van der Waals surface area contributed by atoms with Crippen LogP contribution in [0.5, 0.6) is 5.75 Å². The van der Waals surface area contributed by atoms with Crippen LogP contribution in [0.2, 0.25) is 23.2 Å². The molecule has 1 N–H and O–H groups in total. The minimum absolute atomic E-state index is 0.230. The highest BCUT2D eigenvalue weighted by molar-refractivity contribution is 6.74. The molecule has 0 unspecified atom stereocenters. The third kappa shape index (κ3) is 4.90. The van der Waals surface area contributed by atoms with Crippen molar-refractivity contribution >= 4 is 25.6 Å². The quantitative estimate of drug-likeness (QED) is 0.636. The molecule has 1 aliphatic rings. The van der Waals surface area contributed by atoms with Gasteiger partial charge in [-0.3, -0.25) is 0 Å². The molecule has 1 aliphatic carbocycles. The van der Waals surface area contributed by atoms with Crippen molar-refractivity contribution in [3.8, 4) is 5.75 Å². The van der Waals surface area contributed by atoms with Gasteiger partial charge in [-0.2, -0.15) is 0 Å². The van der Waals surface area contributed by atoms with E-state index in [0.717, 1.165) is 24.3 Å². The fourth-order valence-corrected chi connectivity index (χ4v) is 4.55. The topological polar surface area (TPSA) is 30.5 Å². The van der Waals surface area contributed by atoms with Gasteiger partial charge in [-0.25, -0.2) is 0 Å². The molecule has 136 valence electrons. The summed E-state index contributed by atoms with van der Waals surface area (Å²) in [6.45, 7) is 11.6. The molecular formula is C19H32ClNO2Si. The highest BCUT2D eigenvalue weighted by atomic mass is 35.5. The van der Waals surface area contributed by atoms with E-state index >= 15 is 0 Å². The Balaban J connectivity index is 2.14. The molecule has 0 aromatic heterocycles. The van der Waals surface area contributed by atoms with Gasteiger partial charge in [0.15, 0.2) is 8.32 Å². The van der Waals surface area contributed by atoms with Crippen LogP contribution in [0.4, 0.5) is 5.69 Å². The summed E-state index contributed by atoms with van der Waals surface area (Å²) in [6, 6.07) is 6.12. The Kier molecular flexibility index (Phi) is 6.27. The molecule has 24 heavy (non-hydrogen) atoms. The van der Waals surface area contributed by atoms with Crippen molar-refractivity contribution in [1.82, 2.24) is 0 Å². The van der Waals surface area contributed by atoms with E-state index in [2.05, 4.69) is 39.2 Å². The molecule has 0 heterocycles. The lowest BCUT2D eigenvalue weighted by Crippen LogP contribution is -2.49. The molecule has 1 aromatic rings. The van der Waals surface area contributed by atoms with Crippen LogP contribution < -0.4 is 10.1 Å². The minimum Gasteiger partial charge on any atom is -0.497 e. The van der Waals surface area contributed by atoms with Crippen LogP contribution in [0, 0.1) is 0 Å². The Bertz CT molecular complexity index is 557. The van der Waals surface area contributed by atoms with Crippen LogP contribution in [-0.4, -0.2) is 27.6 Å². The standard InChI is InChI=1S/C19H32ClNO2Si/c1-19(2,3)24(5,6)23-18-10-8-7-9-17(18)21-15-11-14(20)12-16(13-15)22-4/h11-13,17-18,21H,7-10H2,1-6H3/t17-,18-/m0/s1. The Morgan fingerprint density at radius 3 is 2.42 bits per heavy atom. The number of hydrogen-bond acceptors (Lipinski definition) is 3. The third-order valence-corrected chi connectivity index (χ3v) is 10.1. The molecule has 0 aliphatic heterocycles. The summed E-state index contributed by atoms with van der Waals surface area (Å²) in [5.74, 6) is 0.780. The average molecular weight is 370 g/mol. The Labute approximate surface area is 153 Å². The fourth-order valence-electron chi connectivity index (χ4n) is 2.94. The molecular weight excluding hydrogens is 338 g/mol. The lowest BCUT2D eigenvalue weighted by molar-refractivity contribution is 0.124. The van der Waals surface area contributed by atoms with Gasteiger partial charge in [0, 0.05) is 16.8 Å². The van der Waals surface area contributed by atoms with Crippen LogP contribution in [0.15, 0.2) is 18.2 Å². The second kappa shape index (κ2) is 7.67. The molecule has 0 amide bonds. The smallest absolute Gasteiger partial charge is 0.192 e. The zero-order valence-electron chi connectivity index (χ0n) is 15.9. The second-order valence-electron chi connectivity index (χ2n) is 8.33. The largest absolute Gasteiger partial charge is 0.497 e.